The third-order valence-corrected chi connectivity index (χ3v) is 4.85. The molecule has 26 heavy (non-hydrogen) atoms. The van der Waals surface area contributed by atoms with Gasteiger partial charge in [-0.2, -0.15) is 0 Å². The van der Waals surface area contributed by atoms with Crippen molar-refractivity contribution in [3.8, 4) is 0 Å². The summed E-state index contributed by atoms with van der Waals surface area (Å²) in [5.74, 6) is -1.42. The van der Waals surface area contributed by atoms with Crippen molar-refractivity contribution in [2.75, 3.05) is 5.32 Å². The molecule has 1 aliphatic rings. The van der Waals surface area contributed by atoms with E-state index < -0.39 is 11.9 Å². The molecule has 0 heterocycles. The minimum atomic E-state index is -1.18. The molecule has 0 unspecified atom stereocenters. The average molecular weight is 372 g/mol. The van der Waals surface area contributed by atoms with Gasteiger partial charge < -0.3 is 10.4 Å². The lowest BCUT2D eigenvalue weighted by atomic mass is 9.95. The summed E-state index contributed by atoms with van der Waals surface area (Å²) in [6.07, 6.45) is 4.03. The predicted molar refractivity (Wildman–Crippen MR) is 99.1 cm³/mol. The molecule has 0 atom stereocenters. The summed E-state index contributed by atoms with van der Waals surface area (Å²) in [4.78, 5) is 36.1. The van der Waals surface area contributed by atoms with Crippen molar-refractivity contribution >= 4 is 34.9 Å². The van der Waals surface area contributed by atoms with Crippen LogP contribution < -0.4 is 5.32 Å². The van der Waals surface area contributed by atoms with Crippen LogP contribution in [0.15, 0.2) is 42.5 Å². The lowest BCUT2D eigenvalue weighted by molar-refractivity contribution is 0.0697. The van der Waals surface area contributed by atoms with Gasteiger partial charge in [-0.3, -0.25) is 9.59 Å². The summed E-state index contributed by atoms with van der Waals surface area (Å²) in [7, 11) is 0. The number of nitrogens with one attached hydrogen (secondary N) is 1. The fourth-order valence-corrected chi connectivity index (χ4v) is 3.38. The van der Waals surface area contributed by atoms with Crippen LogP contribution in [0.1, 0.15) is 56.8 Å². The Balaban J connectivity index is 1.74. The van der Waals surface area contributed by atoms with E-state index in [1.54, 1.807) is 24.3 Å². The second-order valence-electron chi connectivity index (χ2n) is 6.37. The fraction of sp³-hybridized carbons (Fsp3) is 0.250. The fourth-order valence-electron chi connectivity index (χ4n) is 3.21. The number of benzene rings is 2. The normalized spacial score (nSPS) is 14.2. The molecule has 0 aliphatic heterocycles. The number of hydrogen-bond acceptors (Lipinski definition) is 3. The number of carbonyl (C=O) groups is 3. The molecule has 1 fully saturated rings. The number of rotatable bonds is 5. The standard InChI is InChI=1S/C20H18ClNO4/c21-15-9-10-17(16(11-15)20(25)26)22-19(24)14-7-5-13(6-8-14)18(23)12-3-1-2-4-12/h5-12H,1-4H2,(H,22,24)(H,25,26). The lowest BCUT2D eigenvalue weighted by Crippen LogP contribution is -2.15. The second kappa shape index (κ2) is 7.70. The SMILES string of the molecule is O=C(Nc1ccc(Cl)cc1C(=O)O)c1ccc(C(=O)C2CCCC2)cc1. The van der Waals surface area contributed by atoms with Crippen molar-refractivity contribution in [1.29, 1.82) is 0 Å². The number of carbonyl (C=O) groups excluding carboxylic acids is 2. The Morgan fingerprint density at radius 1 is 0.962 bits per heavy atom. The molecule has 0 saturated heterocycles. The van der Waals surface area contributed by atoms with E-state index in [9.17, 15) is 19.5 Å². The highest BCUT2D eigenvalue weighted by molar-refractivity contribution is 6.31. The molecule has 1 amide bonds. The summed E-state index contributed by atoms with van der Waals surface area (Å²) in [5, 5.41) is 12.1. The highest BCUT2D eigenvalue weighted by Gasteiger charge is 2.24. The molecule has 1 saturated carbocycles. The monoisotopic (exact) mass is 371 g/mol. The first-order chi connectivity index (χ1) is 12.5. The molecular weight excluding hydrogens is 354 g/mol. The summed E-state index contributed by atoms with van der Waals surface area (Å²) >= 11 is 5.81. The van der Waals surface area contributed by atoms with Gasteiger partial charge in [-0.1, -0.05) is 36.6 Å². The van der Waals surface area contributed by atoms with Gasteiger partial charge in [-0.25, -0.2) is 4.79 Å². The molecule has 6 heteroatoms. The minimum Gasteiger partial charge on any atom is -0.478 e. The molecule has 3 rings (SSSR count). The topological polar surface area (TPSA) is 83.5 Å². The molecule has 2 N–H and O–H groups in total. The number of aromatic carboxylic acids is 1. The van der Waals surface area contributed by atoms with Crippen molar-refractivity contribution < 1.29 is 19.5 Å². The number of halogens is 1. The van der Waals surface area contributed by atoms with E-state index in [0.717, 1.165) is 25.7 Å². The zero-order valence-electron chi connectivity index (χ0n) is 14.0. The Labute approximate surface area is 156 Å². The van der Waals surface area contributed by atoms with E-state index in [0.29, 0.717) is 11.1 Å². The van der Waals surface area contributed by atoms with Gasteiger partial charge in [0.2, 0.25) is 0 Å². The van der Waals surface area contributed by atoms with Crippen molar-refractivity contribution in [3.05, 3.63) is 64.2 Å². The van der Waals surface area contributed by atoms with Crippen molar-refractivity contribution in [2.24, 2.45) is 5.92 Å². The second-order valence-corrected chi connectivity index (χ2v) is 6.81. The van der Waals surface area contributed by atoms with Crippen LogP contribution in [0.4, 0.5) is 5.69 Å². The van der Waals surface area contributed by atoms with E-state index in [2.05, 4.69) is 5.32 Å². The first-order valence-corrected chi connectivity index (χ1v) is 8.82. The molecule has 134 valence electrons. The van der Waals surface area contributed by atoms with Crippen LogP contribution in [0.25, 0.3) is 0 Å². The van der Waals surface area contributed by atoms with Gasteiger partial charge in [-0.05, 0) is 43.2 Å². The van der Waals surface area contributed by atoms with Crippen molar-refractivity contribution in [2.45, 2.75) is 25.7 Å². The van der Waals surface area contributed by atoms with Crippen LogP contribution in [0, 0.1) is 5.92 Å². The molecule has 0 spiro atoms. The third kappa shape index (κ3) is 3.94. The molecule has 0 bridgehead atoms. The lowest BCUT2D eigenvalue weighted by Gasteiger charge is -2.10. The molecular formula is C20H18ClNO4. The summed E-state index contributed by atoms with van der Waals surface area (Å²) in [6, 6.07) is 10.7. The van der Waals surface area contributed by atoms with E-state index in [1.165, 1.54) is 18.2 Å². The van der Waals surface area contributed by atoms with Crippen LogP contribution in [-0.4, -0.2) is 22.8 Å². The quantitative estimate of drug-likeness (QED) is 0.748. The average Bonchev–Trinajstić information content (AvgIpc) is 3.17. The summed E-state index contributed by atoms with van der Waals surface area (Å²) < 4.78 is 0. The summed E-state index contributed by atoms with van der Waals surface area (Å²) in [5.41, 5.74) is 1.03. The number of hydrogen-bond donors (Lipinski definition) is 2. The molecule has 5 nitrogen and oxygen atoms in total. The van der Waals surface area contributed by atoms with Crippen molar-refractivity contribution in [1.82, 2.24) is 0 Å². The smallest absolute Gasteiger partial charge is 0.337 e. The number of ketones is 1. The zero-order chi connectivity index (χ0) is 18.7. The van der Waals surface area contributed by atoms with Gasteiger partial charge >= 0.3 is 5.97 Å². The van der Waals surface area contributed by atoms with Crippen molar-refractivity contribution in [3.63, 3.8) is 0 Å². The van der Waals surface area contributed by atoms with E-state index >= 15 is 0 Å². The van der Waals surface area contributed by atoms with Gasteiger partial charge in [0.25, 0.3) is 5.91 Å². The number of amides is 1. The Morgan fingerprint density at radius 2 is 1.58 bits per heavy atom. The predicted octanol–water partition coefficient (Wildman–Crippen LogP) is 4.66. The van der Waals surface area contributed by atoms with Gasteiger partial charge in [0.15, 0.2) is 5.78 Å². The molecule has 0 radical (unpaired) electrons. The number of Topliss-reactive ketones (excluding diaryl/α,β-unsaturated/α-hetero) is 1. The minimum absolute atomic E-state index is 0.0844. The first-order valence-electron chi connectivity index (χ1n) is 8.44. The highest BCUT2D eigenvalue weighted by atomic mass is 35.5. The van der Waals surface area contributed by atoms with Gasteiger partial charge in [0.1, 0.15) is 0 Å². The molecule has 2 aromatic carbocycles. The maximum atomic E-state index is 12.4. The molecule has 0 aromatic heterocycles. The van der Waals surface area contributed by atoms with Crippen LogP contribution in [0.2, 0.25) is 5.02 Å². The maximum absolute atomic E-state index is 12.4. The number of anilines is 1. The molecule has 1 aliphatic carbocycles. The van der Waals surface area contributed by atoms with Crippen LogP contribution in [-0.2, 0) is 0 Å². The largest absolute Gasteiger partial charge is 0.478 e. The number of carboxylic acid groups (broad SMARTS) is 1. The Hall–Kier alpha value is -2.66. The summed E-state index contributed by atoms with van der Waals surface area (Å²) in [6.45, 7) is 0. The van der Waals surface area contributed by atoms with Crippen LogP contribution in [0.5, 0.6) is 0 Å². The molecule has 2 aromatic rings. The Bertz CT molecular complexity index is 855. The Kier molecular flexibility index (Phi) is 5.38. The van der Waals surface area contributed by atoms with E-state index in [4.69, 9.17) is 11.6 Å². The van der Waals surface area contributed by atoms with Crippen LogP contribution in [0.3, 0.4) is 0 Å². The van der Waals surface area contributed by atoms with Crippen LogP contribution >= 0.6 is 11.6 Å². The van der Waals surface area contributed by atoms with Gasteiger partial charge in [0, 0.05) is 22.1 Å². The van der Waals surface area contributed by atoms with E-state index in [-0.39, 0.29) is 28.0 Å². The zero-order valence-corrected chi connectivity index (χ0v) is 14.8. The van der Waals surface area contributed by atoms with Gasteiger partial charge in [-0.15, -0.1) is 0 Å². The van der Waals surface area contributed by atoms with Gasteiger partial charge in [0.05, 0.1) is 11.3 Å². The Morgan fingerprint density at radius 3 is 2.19 bits per heavy atom. The van der Waals surface area contributed by atoms with E-state index in [1.807, 2.05) is 0 Å². The maximum Gasteiger partial charge on any atom is 0.337 e. The third-order valence-electron chi connectivity index (χ3n) is 4.62. The first kappa shape index (κ1) is 18.1. The number of carboxylic acids is 1. The highest BCUT2D eigenvalue weighted by Crippen LogP contribution is 2.28.